The van der Waals surface area contributed by atoms with E-state index in [-0.39, 0.29) is 5.57 Å². The van der Waals surface area contributed by atoms with E-state index in [9.17, 15) is 0 Å². The number of rotatable bonds is 2. The fraction of sp³-hybridized carbons (Fsp3) is 0. The third-order valence-electron chi connectivity index (χ3n) is 2.81. The van der Waals surface area contributed by atoms with Crippen molar-refractivity contribution < 1.29 is 0 Å². The number of allylic oxidation sites excluding steroid dienone is 1. The minimum absolute atomic E-state index is 0.0797. The molecular formula is C17H9N3. The van der Waals surface area contributed by atoms with Gasteiger partial charge in [-0.2, -0.15) is 15.8 Å². The Balaban J connectivity index is 2.29. The van der Waals surface area contributed by atoms with E-state index >= 15 is 0 Å². The predicted molar refractivity (Wildman–Crippen MR) is 75.8 cm³/mol. The lowest BCUT2D eigenvalue weighted by Crippen LogP contribution is -1.81. The second-order valence-electron chi connectivity index (χ2n) is 4.09. The number of hydrogen-bond acceptors (Lipinski definition) is 3. The van der Waals surface area contributed by atoms with Crippen molar-refractivity contribution in [3.63, 3.8) is 0 Å². The van der Waals surface area contributed by atoms with Gasteiger partial charge in [-0.15, -0.1) is 0 Å². The first kappa shape index (κ1) is 13.1. The zero-order valence-corrected chi connectivity index (χ0v) is 10.5. The van der Waals surface area contributed by atoms with Crippen LogP contribution < -0.4 is 0 Å². The lowest BCUT2D eigenvalue weighted by molar-refractivity contribution is 1.47. The van der Waals surface area contributed by atoms with E-state index in [1.54, 1.807) is 18.2 Å². The van der Waals surface area contributed by atoms with Crippen molar-refractivity contribution in [2.45, 2.75) is 0 Å². The first-order valence-electron chi connectivity index (χ1n) is 5.89. The summed E-state index contributed by atoms with van der Waals surface area (Å²) >= 11 is 0. The fourth-order valence-corrected chi connectivity index (χ4v) is 1.77. The van der Waals surface area contributed by atoms with Crippen LogP contribution in [-0.2, 0) is 0 Å². The minimum Gasteiger partial charge on any atom is -0.192 e. The van der Waals surface area contributed by atoms with Gasteiger partial charge >= 0.3 is 0 Å². The summed E-state index contributed by atoms with van der Waals surface area (Å²) in [7, 11) is 0. The molecule has 0 atom stereocenters. The topological polar surface area (TPSA) is 71.4 Å². The SMILES string of the molecule is N#CC(C#N)=Cc1ccc(-c2ccc(C#N)cc2)cc1. The van der Waals surface area contributed by atoms with E-state index in [2.05, 4.69) is 6.07 Å². The highest BCUT2D eigenvalue weighted by molar-refractivity contribution is 5.68. The van der Waals surface area contributed by atoms with Gasteiger partial charge in [0.1, 0.15) is 17.7 Å². The molecule has 20 heavy (non-hydrogen) atoms. The largest absolute Gasteiger partial charge is 0.192 e. The van der Waals surface area contributed by atoms with Crippen molar-refractivity contribution in [1.82, 2.24) is 0 Å². The van der Waals surface area contributed by atoms with Crippen LogP contribution in [0.15, 0.2) is 54.1 Å². The Kier molecular flexibility index (Phi) is 3.93. The van der Waals surface area contributed by atoms with Crippen molar-refractivity contribution in [2.24, 2.45) is 0 Å². The second kappa shape index (κ2) is 6.01. The Morgan fingerprint density at radius 2 is 1.25 bits per heavy atom. The van der Waals surface area contributed by atoms with Gasteiger partial charge in [-0.05, 0) is 34.9 Å². The van der Waals surface area contributed by atoms with E-state index in [0.29, 0.717) is 5.56 Å². The maximum absolute atomic E-state index is 8.76. The molecule has 0 amide bonds. The molecule has 0 aliphatic rings. The molecule has 0 fully saturated rings. The maximum atomic E-state index is 8.76. The van der Waals surface area contributed by atoms with Crippen molar-refractivity contribution >= 4 is 6.08 Å². The van der Waals surface area contributed by atoms with Gasteiger partial charge < -0.3 is 0 Å². The lowest BCUT2D eigenvalue weighted by atomic mass is 10.0. The first-order valence-corrected chi connectivity index (χ1v) is 5.89. The molecule has 3 heteroatoms. The summed E-state index contributed by atoms with van der Waals surface area (Å²) in [5.74, 6) is 0. The van der Waals surface area contributed by atoms with Gasteiger partial charge in [-0.25, -0.2) is 0 Å². The average molecular weight is 255 g/mol. The third-order valence-corrected chi connectivity index (χ3v) is 2.81. The predicted octanol–water partition coefficient (Wildman–Crippen LogP) is 3.66. The monoisotopic (exact) mass is 255 g/mol. The zero-order chi connectivity index (χ0) is 14.4. The van der Waals surface area contributed by atoms with Crippen LogP contribution >= 0.6 is 0 Å². The maximum Gasteiger partial charge on any atom is 0.130 e. The van der Waals surface area contributed by atoms with Crippen LogP contribution in [0.2, 0.25) is 0 Å². The lowest BCUT2D eigenvalue weighted by Gasteiger charge is -2.02. The van der Waals surface area contributed by atoms with Crippen molar-refractivity contribution in [1.29, 1.82) is 15.8 Å². The minimum atomic E-state index is 0.0797. The highest BCUT2D eigenvalue weighted by Gasteiger charge is 1.99. The standard InChI is InChI=1S/C17H9N3/c18-10-14-3-7-17(8-4-14)16-5-1-13(2-6-16)9-15(11-19)12-20/h1-9H. The van der Waals surface area contributed by atoms with Gasteiger partial charge in [-0.3, -0.25) is 0 Å². The van der Waals surface area contributed by atoms with Crippen molar-refractivity contribution in [2.75, 3.05) is 0 Å². The van der Waals surface area contributed by atoms with Crippen molar-refractivity contribution in [3.8, 4) is 29.3 Å². The molecule has 2 aromatic carbocycles. The summed E-state index contributed by atoms with van der Waals surface area (Å²) in [4.78, 5) is 0. The normalized spacial score (nSPS) is 8.85. The smallest absolute Gasteiger partial charge is 0.130 e. The molecule has 0 aliphatic heterocycles. The van der Waals surface area contributed by atoms with Gasteiger partial charge in [0.05, 0.1) is 11.6 Å². The summed E-state index contributed by atoms with van der Waals surface area (Å²) in [5, 5.41) is 26.2. The van der Waals surface area contributed by atoms with E-state index in [0.717, 1.165) is 16.7 Å². The average Bonchev–Trinajstić information content (AvgIpc) is 2.53. The Labute approximate surface area is 117 Å². The summed E-state index contributed by atoms with van der Waals surface area (Å²) < 4.78 is 0. The number of benzene rings is 2. The van der Waals surface area contributed by atoms with Crippen LogP contribution in [0.5, 0.6) is 0 Å². The number of nitriles is 3. The zero-order valence-electron chi connectivity index (χ0n) is 10.5. The molecule has 0 heterocycles. The molecule has 0 radical (unpaired) electrons. The molecule has 2 rings (SSSR count). The summed E-state index contributed by atoms with van der Waals surface area (Å²) in [6.07, 6.45) is 1.54. The Morgan fingerprint density at radius 1 is 0.750 bits per heavy atom. The summed E-state index contributed by atoms with van der Waals surface area (Å²) in [5.41, 5.74) is 3.54. The summed E-state index contributed by atoms with van der Waals surface area (Å²) in [6, 6.07) is 20.6. The molecule has 0 N–H and O–H groups in total. The van der Waals surface area contributed by atoms with Crippen molar-refractivity contribution in [3.05, 3.63) is 65.2 Å². The van der Waals surface area contributed by atoms with E-state index < -0.39 is 0 Å². The molecule has 0 bridgehead atoms. The Morgan fingerprint density at radius 3 is 1.70 bits per heavy atom. The van der Waals surface area contributed by atoms with Gasteiger partial charge in [-0.1, -0.05) is 36.4 Å². The van der Waals surface area contributed by atoms with E-state index in [4.69, 9.17) is 15.8 Å². The molecule has 0 unspecified atom stereocenters. The van der Waals surface area contributed by atoms with Gasteiger partial charge in [0.25, 0.3) is 0 Å². The Hall–Kier alpha value is -3.35. The molecular weight excluding hydrogens is 246 g/mol. The van der Waals surface area contributed by atoms with Gasteiger partial charge in [0.2, 0.25) is 0 Å². The molecule has 2 aromatic rings. The van der Waals surface area contributed by atoms with Crippen LogP contribution in [-0.4, -0.2) is 0 Å². The number of nitrogens with zero attached hydrogens (tertiary/aromatic N) is 3. The summed E-state index contributed by atoms with van der Waals surface area (Å²) in [6.45, 7) is 0. The first-order chi connectivity index (χ1) is 9.76. The second-order valence-corrected chi connectivity index (χ2v) is 4.09. The highest BCUT2D eigenvalue weighted by atomic mass is 14.3. The molecule has 0 saturated carbocycles. The third kappa shape index (κ3) is 2.91. The van der Waals surface area contributed by atoms with Gasteiger partial charge in [0, 0.05) is 0 Å². The molecule has 3 nitrogen and oxygen atoms in total. The van der Waals surface area contributed by atoms with Crippen LogP contribution in [0, 0.1) is 34.0 Å². The highest BCUT2D eigenvalue weighted by Crippen LogP contribution is 2.21. The molecule has 0 aromatic heterocycles. The van der Waals surface area contributed by atoms with Crippen LogP contribution in [0.25, 0.3) is 17.2 Å². The van der Waals surface area contributed by atoms with Crippen LogP contribution in [0.3, 0.4) is 0 Å². The van der Waals surface area contributed by atoms with Gasteiger partial charge in [0.15, 0.2) is 0 Å². The quantitative estimate of drug-likeness (QED) is 0.769. The van der Waals surface area contributed by atoms with Crippen LogP contribution in [0.4, 0.5) is 0 Å². The van der Waals surface area contributed by atoms with Crippen LogP contribution in [0.1, 0.15) is 11.1 Å². The molecule has 92 valence electrons. The molecule has 0 aliphatic carbocycles. The van der Waals surface area contributed by atoms with E-state index in [1.165, 1.54) is 0 Å². The fourth-order valence-electron chi connectivity index (χ4n) is 1.77. The molecule has 0 saturated heterocycles. The Bertz CT molecular complexity index is 745. The number of hydrogen-bond donors (Lipinski definition) is 0. The van der Waals surface area contributed by atoms with E-state index in [1.807, 2.05) is 48.5 Å². The molecule has 0 spiro atoms.